The zero-order valence-electron chi connectivity index (χ0n) is 13.3. The van der Waals surface area contributed by atoms with Crippen molar-refractivity contribution in [3.8, 4) is 0 Å². The first kappa shape index (κ1) is 18.3. The third kappa shape index (κ3) is 5.93. The van der Waals surface area contributed by atoms with Gasteiger partial charge in [-0.3, -0.25) is 4.79 Å². The molecule has 0 aliphatic heterocycles. The lowest BCUT2D eigenvalue weighted by atomic mass is 10.1. The van der Waals surface area contributed by atoms with Gasteiger partial charge in [-0.15, -0.1) is 0 Å². The van der Waals surface area contributed by atoms with Crippen molar-refractivity contribution < 1.29 is 9.59 Å². The summed E-state index contributed by atoms with van der Waals surface area (Å²) in [5, 5.41) is 8.92. The standard InChI is InChI=1S/C16H24ClN3O2/c1-4-10-18-15(21)11(3)19-16(22)20-14(5-2)12-6-8-13(17)9-7-12/h6-9,11,14H,4-5,10H2,1-3H3,(H,18,21)(H2,19,20,22)/t11-,14-/m0/s1. The molecule has 0 radical (unpaired) electrons. The van der Waals surface area contributed by atoms with Gasteiger partial charge in [-0.2, -0.15) is 0 Å². The van der Waals surface area contributed by atoms with E-state index in [9.17, 15) is 9.59 Å². The Morgan fingerprint density at radius 3 is 2.32 bits per heavy atom. The summed E-state index contributed by atoms with van der Waals surface area (Å²) in [6.45, 7) is 6.22. The van der Waals surface area contributed by atoms with Crippen LogP contribution in [0, 0.1) is 0 Å². The molecule has 1 aromatic rings. The second-order valence-corrected chi connectivity index (χ2v) is 5.58. The third-order valence-corrected chi connectivity index (χ3v) is 3.53. The van der Waals surface area contributed by atoms with Gasteiger partial charge in [0.25, 0.3) is 0 Å². The van der Waals surface area contributed by atoms with Crippen LogP contribution in [0.25, 0.3) is 0 Å². The van der Waals surface area contributed by atoms with Crippen LogP contribution >= 0.6 is 11.6 Å². The average Bonchev–Trinajstić information content (AvgIpc) is 2.51. The number of halogens is 1. The highest BCUT2D eigenvalue weighted by atomic mass is 35.5. The van der Waals surface area contributed by atoms with Gasteiger partial charge in [0.15, 0.2) is 0 Å². The van der Waals surface area contributed by atoms with Crippen molar-refractivity contribution in [3.63, 3.8) is 0 Å². The van der Waals surface area contributed by atoms with Crippen molar-refractivity contribution in [1.82, 2.24) is 16.0 Å². The van der Waals surface area contributed by atoms with Gasteiger partial charge in [-0.1, -0.05) is 37.6 Å². The van der Waals surface area contributed by atoms with E-state index in [-0.39, 0.29) is 18.0 Å². The summed E-state index contributed by atoms with van der Waals surface area (Å²) < 4.78 is 0. The minimum absolute atomic E-state index is 0.122. The van der Waals surface area contributed by atoms with Gasteiger partial charge in [0, 0.05) is 11.6 Å². The fraction of sp³-hybridized carbons (Fsp3) is 0.500. The maximum Gasteiger partial charge on any atom is 0.315 e. The van der Waals surface area contributed by atoms with Crippen LogP contribution < -0.4 is 16.0 Å². The average molecular weight is 326 g/mol. The molecule has 0 aliphatic rings. The monoisotopic (exact) mass is 325 g/mol. The molecule has 0 bridgehead atoms. The highest BCUT2D eigenvalue weighted by Crippen LogP contribution is 2.18. The van der Waals surface area contributed by atoms with Crippen molar-refractivity contribution in [2.45, 2.75) is 45.7 Å². The fourth-order valence-electron chi connectivity index (χ4n) is 1.98. The summed E-state index contributed by atoms with van der Waals surface area (Å²) in [4.78, 5) is 23.7. The Bertz CT molecular complexity index is 491. The molecule has 0 saturated heterocycles. The molecular weight excluding hydrogens is 302 g/mol. The summed E-state index contributed by atoms with van der Waals surface area (Å²) in [5.41, 5.74) is 0.977. The van der Waals surface area contributed by atoms with Crippen LogP contribution in [0.4, 0.5) is 4.79 Å². The number of hydrogen-bond donors (Lipinski definition) is 3. The fourth-order valence-corrected chi connectivity index (χ4v) is 2.11. The number of benzene rings is 1. The number of urea groups is 1. The molecule has 3 amide bonds. The van der Waals surface area contributed by atoms with Crippen LogP contribution in [-0.4, -0.2) is 24.5 Å². The summed E-state index contributed by atoms with van der Waals surface area (Å²) in [6.07, 6.45) is 1.60. The molecule has 122 valence electrons. The Morgan fingerprint density at radius 1 is 1.14 bits per heavy atom. The normalized spacial score (nSPS) is 13.1. The van der Waals surface area contributed by atoms with Crippen LogP contribution in [-0.2, 0) is 4.79 Å². The number of amides is 3. The number of carbonyl (C=O) groups excluding carboxylic acids is 2. The van der Waals surface area contributed by atoms with E-state index in [0.29, 0.717) is 11.6 Å². The molecule has 2 atom stereocenters. The molecule has 0 spiro atoms. The van der Waals surface area contributed by atoms with E-state index in [4.69, 9.17) is 11.6 Å². The molecule has 3 N–H and O–H groups in total. The van der Waals surface area contributed by atoms with Gasteiger partial charge in [0.05, 0.1) is 6.04 Å². The molecule has 22 heavy (non-hydrogen) atoms. The van der Waals surface area contributed by atoms with Gasteiger partial charge >= 0.3 is 6.03 Å². The molecular formula is C16H24ClN3O2. The first-order valence-electron chi connectivity index (χ1n) is 7.58. The number of hydrogen-bond acceptors (Lipinski definition) is 2. The van der Waals surface area contributed by atoms with Crippen LogP contribution in [0.15, 0.2) is 24.3 Å². The largest absolute Gasteiger partial charge is 0.354 e. The number of carbonyl (C=O) groups is 2. The second-order valence-electron chi connectivity index (χ2n) is 5.14. The second kappa shape index (κ2) is 9.30. The van der Waals surface area contributed by atoms with Gasteiger partial charge in [0.2, 0.25) is 5.91 Å². The van der Waals surface area contributed by atoms with E-state index in [1.165, 1.54) is 0 Å². The lowest BCUT2D eigenvalue weighted by Crippen LogP contribution is -2.49. The third-order valence-electron chi connectivity index (χ3n) is 3.28. The predicted octanol–water partition coefficient (Wildman–Crippen LogP) is 3.01. The summed E-state index contributed by atoms with van der Waals surface area (Å²) in [5.74, 6) is -0.184. The van der Waals surface area contributed by atoms with Crippen LogP contribution in [0.2, 0.25) is 5.02 Å². The van der Waals surface area contributed by atoms with Gasteiger partial charge in [0.1, 0.15) is 6.04 Å². The Labute approximate surface area is 136 Å². The van der Waals surface area contributed by atoms with Gasteiger partial charge < -0.3 is 16.0 Å². The van der Waals surface area contributed by atoms with Crippen molar-refractivity contribution >= 4 is 23.5 Å². The molecule has 0 saturated carbocycles. The van der Waals surface area contributed by atoms with E-state index >= 15 is 0 Å². The maximum atomic E-state index is 12.0. The predicted molar refractivity (Wildman–Crippen MR) is 88.9 cm³/mol. The molecule has 1 rings (SSSR count). The highest BCUT2D eigenvalue weighted by molar-refractivity contribution is 6.30. The van der Waals surface area contributed by atoms with E-state index < -0.39 is 6.04 Å². The Balaban J connectivity index is 2.54. The Kier molecular flexibility index (Phi) is 7.74. The lowest BCUT2D eigenvalue weighted by molar-refractivity contribution is -0.122. The summed E-state index contributed by atoms with van der Waals surface area (Å²) in [6, 6.07) is 6.29. The molecule has 1 aromatic carbocycles. The summed E-state index contributed by atoms with van der Waals surface area (Å²) in [7, 11) is 0. The van der Waals surface area contributed by atoms with Crippen molar-refractivity contribution in [1.29, 1.82) is 0 Å². The molecule has 0 aromatic heterocycles. The van der Waals surface area contributed by atoms with E-state index in [0.717, 1.165) is 18.4 Å². The quantitative estimate of drug-likeness (QED) is 0.721. The molecule has 0 heterocycles. The Morgan fingerprint density at radius 2 is 1.77 bits per heavy atom. The molecule has 5 nitrogen and oxygen atoms in total. The van der Waals surface area contributed by atoms with Crippen LogP contribution in [0.1, 0.15) is 45.2 Å². The molecule has 6 heteroatoms. The zero-order valence-corrected chi connectivity index (χ0v) is 14.0. The first-order valence-corrected chi connectivity index (χ1v) is 7.95. The molecule has 0 unspecified atom stereocenters. The highest BCUT2D eigenvalue weighted by Gasteiger charge is 2.17. The van der Waals surface area contributed by atoms with Gasteiger partial charge in [-0.05, 0) is 37.5 Å². The van der Waals surface area contributed by atoms with Crippen molar-refractivity contribution in [2.24, 2.45) is 0 Å². The number of nitrogens with one attached hydrogen (secondary N) is 3. The molecule has 0 aliphatic carbocycles. The first-order chi connectivity index (χ1) is 10.5. The van der Waals surface area contributed by atoms with Crippen LogP contribution in [0.5, 0.6) is 0 Å². The van der Waals surface area contributed by atoms with E-state index in [1.807, 2.05) is 26.0 Å². The van der Waals surface area contributed by atoms with E-state index in [1.54, 1.807) is 19.1 Å². The SMILES string of the molecule is CCCNC(=O)[C@H](C)NC(=O)N[C@@H](CC)c1ccc(Cl)cc1. The minimum Gasteiger partial charge on any atom is -0.354 e. The smallest absolute Gasteiger partial charge is 0.315 e. The zero-order chi connectivity index (χ0) is 16.5. The van der Waals surface area contributed by atoms with E-state index in [2.05, 4.69) is 16.0 Å². The lowest BCUT2D eigenvalue weighted by Gasteiger charge is -2.20. The maximum absolute atomic E-state index is 12.0. The number of rotatable bonds is 7. The topological polar surface area (TPSA) is 70.2 Å². The van der Waals surface area contributed by atoms with Crippen LogP contribution in [0.3, 0.4) is 0 Å². The summed E-state index contributed by atoms with van der Waals surface area (Å²) >= 11 is 5.87. The van der Waals surface area contributed by atoms with Gasteiger partial charge in [-0.25, -0.2) is 4.79 Å². The minimum atomic E-state index is -0.575. The van der Waals surface area contributed by atoms with Crippen molar-refractivity contribution in [2.75, 3.05) is 6.54 Å². The molecule has 0 fully saturated rings. The van der Waals surface area contributed by atoms with Crippen molar-refractivity contribution in [3.05, 3.63) is 34.9 Å². The Hall–Kier alpha value is -1.75.